The molecule has 1 heterocycles. The first-order valence-corrected chi connectivity index (χ1v) is 11.1. The lowest BCUT2D eigenvalue weighted by atomic mass is 10.3. The predicted octanol–water partition coefficient (Wildman–Crippen LogP) is 4.79. The molecule has 9 heteroatoms. The van der Waals surface area contributed by atoms with Gasteiger partial charge < -0.3 is 9.47 Å². The zero-order chi connectivity index (χ0) is 21.5. The Morgan fingerprint density at radius 1 is 0.742 bits per heavy atom. The van der Waals surface area contributed by atoms with Gasteiger partial charge in [-0.1, -0.05) is 42.5 Å². The largest absolute Gasteiger partial charge is 0.491 e. The van der Waals surface area contributed by atoms with Crippen LogP contribution in [0.4, 0.5) is 11.4 Å². The van der Waals surface area contributed by atoms with Crippen molar-refractivity contribution in [2.75, 3.05) is 18.6 Å². The molecule has 4 rings (SSSR count). The van der Waals surface area contributed by atoms with E-state index in [0.29, 0.717) is 42.5 Å². The van der Waals surface area contributed by atoms with Gasteiger partial charge in [-0.25, -0.2) is 8.42 Å². The summed E-state index contributed by atoms with van der Waals surface area (Å²) >= 11 is 0. The van der Waals surface area contributed by atoms with Gasteiger partial charge in [0.1, 0.15) is 17.2 Å². The van der Waals surface area contributed by atoms with E-state index in [2.05, 4.69) is 20.8 Å². The summed E-state index contributed by atoms with van der Waals surface area (Å²) in [6.07, 6.45) is 0.650. The van der Waals surface area contributed by atoms with Crippen molar-refractivity contribution < 1.29 is 17.9 Å². The number of amidine groups is 1. The molecule has 1 aliphatic heterocycles. The van der Waals surface area contributed by atoms with E-state index in [9.17, 15) is 8.42 Å². The number of sulfone groups is 1. The fraction of sp³-hybridized carbons (Fsp3) is 0.136. The maximum absolute atomic E-state index is 13.2. The molecule has 0 amide bonds. The van der Waals surface area contributed by atoms with E-state index in [0.717, 1.165) is 0 Å². The molecule has 0 saturated heterocycles. The molecule has 0 saturated carbocycles. The van der Waals surface area contributed by atoms with E-state index in [1.165, 1.54) is 12.1 Å². The van der Waals surface area contributed by atoms with Gasteiger partial charge in [-0.3, -0.25) is 5.43 Å². The number of rotatable bonds is 1. The van der Waals surface area contributed by atoms with Crippen molar-refractivity contribution >= 4 is 26.4 Å². The van der Waals surface area contributed by atoms with Crippen molar-refractivity contribution in [2.45, 2.75) is 11.3 Å². The third-order valence-corrected chi connectivity index (χ3v) is 5.91. The highest BCUT2D eigenvalue weighted by Crippen LogP contribution is 2.29. The Bertz CT molecular complexity index is 1210. The average molecular weight is 436 g/mol. The number of nitrogens with zero attached hydrogens (tertiary/aromatic N) is 3. The molecule has 3 aromatic rings. The van der Waals surface area contributed by atoms with Gasteiger partial charge in [0.05, 0.1) is 23.8 Å². The van der Waals surface area contributed by atoms with Crippen LogP contribution in [0.2, 0.25) is 0 Å². The van der Waals surface area contributed by atoms with Crippen LogP contribution in [-0.4, -0.2) is 26.8 Å². The Hall–Kier alpha value is -3.72. The van der Waals surface area contributed by atoms with E-state index in [-0.39, 0.29) is 4.90 Å². The van der Waals surface area contributed by atoms with Crippen LogP contribution in [0.5, 0.6) is 11.5 Å². The standard InChI is InChI=1S/C22H20N4O4S/c27-31(28,17-9-2-1-3-10-17)22-25-23-18-11-4-6-13-20(18)29-15-8-16-30-21-14-7-5-12-19(21)24-26-22/h1-7,9-14,23H,8,15-16H2/b25-22-,26-24?. The van der Waals surface area contributed by atoms with Crippen molar-refractivity contribution in [3.05, 3.63) is 78.9 Å². The van der Waals surface area contributed by atoms with Crippen LogP contribution in [0.15, 0.2) is 99.1 Å². The second kappa shape index (κ2) is 9.40. The summed E-state index contributed by atoms with van der Waals surface area (Å²) in [5.41, 5.74) is 3.68. The van der Waals surface area contributed by atoms with Crippen molar-refractivity contribution in [3.63, 3.8) is 0 Å². The second-order valence-electron chi connectivity index (χ2n) is 6.54. The summed E-state index contributed by atoms with van der Waals surface area (Å²) in [4.78, 5) is 0.0599. The molecule has 0 aliphatic carbocycles. The third kappa shape index (κ3) is 4.89. The molecule has 0 fully saturated rings. The molecule has 0 radical (unpaired) electrons. The van der Waals surface area contributed by atoms with Crippen molar-refractivity contribution in [3.8, 4) is 11.5 Å². The van der Waals surface area contributed by atoms with E-state index in [4.69, 9.17) is 9.47 Å². The fourth-order valence-corrected chi connectivity index (χ4v) is 3.86. The summed E-state index contributed by atoms with van der Waals surface area (Å²) in [7, 11) is -4.03. The zero-order valence-electron chi connectivity index (χ0n) is 16.5. The van der Waals surface area contributed by atoms with Crippen molar-refractivity contribution in [1.82, 2.24) is 0 Å². The molecule has 0 spiro atoms. The number of ether oxygens (including phenoxy) is 2. The minimum Gasteiger partial charge on any atom is -0.491 e. The summed E-state index contributed by atoms with van der Waals surface area (Å²) in [5, 5.41) is 11.7. The number of hydrogen-bond donors (Lipinski definition) is 1. The van der Waals surface area contributed by atoms with Crippen LogP contribution in [-0.2, 0) is 9.84 Å². The first-order chi connectivity index (χ1) is 15.1. The first kappa shape index (κ1) is 20.5. The molecule has 0 aromatic heterocycles. The van der Waals surface area contributed by atoms with E-state index < -0.39 is 15.0 Å². The SMILES string of the molecule is O=S(=O)(/C1=N\Nc2ccccc2OCCCOc2ccccc2N=N1)c1ccccc1. The maximum Gasteiger partial charge on any atom is 0.289 e. The number of benzene rings is 3. The van der Waals surface area contributed by atoms with Gasteiger partial charge in [0.25, 0.3) is 5.17 Å². The smallest absolute Gasteiger partial charge is 0.289 e. The topological polar surface area (TPSA) is 102 Å². The second-order valence-corrected chi connectivity index (χ2v) is 8.38. The lowest BCUT2D eigenvalue weighted by Gasteiger charge is -2.13. The lowest BCUT2D eigenvalue weighted by molar-refractivity contribution is 0.248. The minimum absolute atomic E-state index is 0.0599. The molecular weight excluding hydrogens is 416 g/mol. The van der Waals surface area contributed by atoms with E-state index in [1.807, 2.05) is 12.1 Å². The molecule has 158 valence electrons. The molecule has 1 N–H and O–H groups in total. The summed E-state index contributed by atoms with van der Waals surface area (Å²) < 4.78 is 37.9. The highest BCUT2D eigenvalue weighted by Gasteiger charge is 2.23. The summed E-state index contributed by atoms with van der Waals surface area (Å²) in [5.74, 6) is 1.03. The van der Waals surface area contributed by atoms with Crippen LogP contribution < -0.4 is 14.9 Å². The highest BCUT2D eigenvalue weighted by molar-refractivity contribution is 8.06. The van der Waals surface area contributed by atoms with Crippen LogP contribution in [0, 0.1) is 0 Å². The Labute approximate surface area is 180 Å². The van der Waals surface area contributed by atoms with Gasteiger partial charge in [-0.15, -0.1) is 15.3 Å². The summed E-state index contributed by atoms with van der Waals surface area (Å²) in [6.45, 7) is 0.826. The van der Waals surface area contributed by atoms with Gasteiger partial charge in [-0.2, -0.15) is 0 Å². The van der Waals surface area contributed by atoms with Crippen LogP contribution >= 0.6 is 0 Å². The van der Waals surface area contributed by atoms with Crippen LogP contribution in [0.3, 0.4) is 0 Å². The number of azo groups is 1. The Balaban J connectivity index is 1.80. The minimum atomic E-state index is -4.03. The first-order valence-electron chi connectivity index (χ1n) is 9.64. The molecular formula is C22H20N4O4S. The molecule has 1 aliphatic rings. The Morgan fingerprint density at radius 3 is 2.19 bits per heavy atom. The number of anilines is 1. The normalized spacial score (nSPS) is 16.2. The molecule has 3 aromatic carbocycles. The monoisotopic (exact) mass is 436 g/mol. The van der Waals surface area contributed by atoms with Gasteiger partial charge >= 0.3 is 0 Å². The molecule has 31 heavy (non-hydrogen) atoms. The highest BCUT2D eigenvalue weighted by atomic mass is 32.2. The Morgan fingerprint density at radius 2 is 1.39 bits per heavy atom. The van der Waals surface area contributed by atoms with Crippen LogP contribution in [0.25, 0.3) is 0 Å². The van der Waals surface area contributed by atoms with Gasteiger partial charge in [0, 0.05) is 6.42 Å². The maximum atomic E-state index is 13.2. The molecule has 8 nitrogen and oxygen atoms in total. The predicted molar refractivity (Wildman–Crippen MR) is 118 cm³/mol. The average Bonchev–Trinajstić information content (AvgIpc) is 2.80. The van der Waals surface area contributed by atoms with Crippen molar-refractivity contribution in [2.24, 2.45) is 15.3 Å². The van der Waals surface area contributed by atoms with E-state index in [1.54, 1.807) is 54.6 Å². The van der Waals surface area contributed by atoms with Gasteiger partial charge in [-0.05, 0) is 36.4 Å². The van der Waals surface area contributed by atoms with E-state index >= 15 is 0 Å². The van der Waals surface area contributed by atoms with Gasteiger partial charge in [0.2, 0.25) is 9.84 Å². The fourth-order valence-electron chi connectivity index (χ4n) is 2.82. The van der Waals surface area contributed by atoms with Crippen LogP contribution in [0.1, 0.15) is 6.42 Å². The molecule has 0 bridgehead atoms. The van der Waals surface area contributed by atoms with Gasteiger partial charge in [0.15, 0.2) is 0 Å². The number of hydrogen-bond acceptors (Lipinski definition) is 8. The summed E-state index contributed by atoms with van der Waals surface area (Å²) in [6, 6.07) is 22.1. The lowest BCUT2D eigenvalue weighted by Crippen LogP contribution is -2.15. The number of hydrazone groups is 1. The third-order valence-electron chi connectivity index (χ3n) is 4.37. The molecule has 0 unspecified atom stereocenters. The number of fused-ring (bicyclic) bond motifs is 2. The number of nitrogens with one attached hydrogen (secondary N) is 1. The quantitative estimate of drug-likeness (QED) is 0.591. The zero-order valence-corrected chi connectivity index (χ0v) is 17.3. The molecule has 0 atom stereocenters. The Kier molecular flexibility index (Phi) is 6.23. The van der Waals surface area contributed by atoms with Crippen molar-refractivity contribution in [1.29, 1.82) is 0 Å². The number of para-hydroxylation sites is 3.